The summed E-state index contributed by atoms with van der Waals surface area (Å²) in [6.07, 6.45) is 2.24. The SMILES string of the molecule is [C-]#[N+][C@@H]1CCCN1C(=O)CNC(=O)c1c(O)cnc2ccccc12. The van der Waals surface area contributed by atoms with E-state index in [2.05, 4.69) is 15.1 Å². The Labute approximate surface area is 138 Å². The summed E-state index contributed by atoms with van der Waals surface area (Å²) in [6, 6.07) is 6.96. The third kappa shape index (κ3) is 2.86. The summed E-state index contributed by atoms with van der Waals surface area (Å²) in [6.45, 7) is 7.42. The topological polar surface area (TPSA) is 86.9 Å². The van der Waals surface area contributed by atoms with E-state index in [0.29, 0.717) is 23.9 Å². The van der Waals surface area contributed by atoms with Crippen LogP contribution in [-0.4, -0.2) is 46.1 Å². The molecule has 24 heavy (non-hydrogen) atoms. The summed E-state index contributed by atoms with van der Waals surface area (Å²) in [5.74, 6) is -1.07. The van der Waals surface area contributed by atoms with Gasteiger partial charge in [0.15, 0.2) is 0 Å². The molecule has 2 aromatic rings. The summed E-state index contributed by atoms with van der Waals surface area (Å²) in [4.78, 5) is 33.6. The molecule has 1 aromatic carbocycles. The van der Waals surface area contributed by atoms with Crippen molar-refractivity contribution >= 4 is 22.7 Å². The van der Waals surface area contributed by atoms with Crippen molar-refractivity contribution in [3.05, 3.63) is 47.4 Å². The van der Waals surface area contributed by atoms with Gasteiger partial charge in [-0.25, -0.2) is 6.57 Å². The number of aromatic nitrogens is 1. The minimum atomic E-state index is -0.544. The fourth-order valence-corrected chi connectivity index (χ4v) is 2.89. The Morgan fingerprint density at radius 2 is 2.21 bits per heavy atom. The average Bonchev–Trinajstić information content (AvgIpc) is 3.08. The van der Waals surface area contributed by atoms with Crippen LogP contribution in [0.4, 0.5) is 0 Å². The molecule has 2 heterocycles. The molecular weight excluding hydrogens is 308 g/mol. The first-order chi connectivity index (χ1) is 11.6. The summed E-state index contributed by atoms with van der Waals surface area (Å²) >= 11 is 0. The first-order valence-electron chi connectivity index (χ1n) is 7.62. The molecule has 122 valence electrons. The quantitative estimate of drug-likeness (QED) is 0.839. The predicted molar refractivity (Wildman–Crippen MR) is 87.1 cm³/mol. The molecule has 1 saturated heterocycles. The van der Waals surface area contributed by atoms with Crippen molar-refractivity contribution in [2.75, 3.05) is 13.1 Å². The smallest absolute Gasteiger partial charge is 0.300 e. The molecule has 0 spiro atoms. The Hall–Kier alpha value is -3.14. The molecule has 0 bridgehead atoms. The van der Waals surface area contributed by atoms with Gasteiger partial charge in [0.1, 0.15) is 5.75 Å². The second-order valence-electron chi connectivity index (χ2n) is 5.56. The van der Waals surface area contributed by atoms with Gasteiger partial charge in [0.25, 0.3) is 5.91 Å². The van der Waals surface area contributed by atoms with Gasteiger partial charge in [-0.3, -0.25) is 24.3 Å². The first-order valence-corrected chi connectivity index (χ1v) is 7.62. The maximum absolute atomic E-state index is 12.4. The lowest BCUT2D eigenvalue weighted by Gasteiger charge is -2.16. The van der Waals surface area contributed by atoms with Crippen LogP contribution in [-0.2, 0) is 4.79 Å². The van der Waals surface area contributed by atoms with Gasteiger partial charge in [0, 0.05) is 18.4 Å². The van der Waals surface area contributed by atoms with E-state index in [9.17, 15) is 14.7 Å². The number of hydrogen-bond donors (Lipinski definition) is 2. The second kappa shape index (κ2) is 6.54. The van der Waals surface area contributed by atoms with Gasteiger partial charge in [-0.05, 0) is 12.5 Å². The van der Waals surface area contributed by atoms with Crippen LogP contribution in [0.25, 0.3) is 15.7 Å². The molecule has 2 amide bonds. The van der Waals surface area contributed by atoms with E-state index >= 15 is 0 Å². The van der Waals surface area contributed by atoms with Crippen molar-refractivity contribution in [3.8, 4) is 5.75 Å². The van der Waals surface area contributed by atoms with Crippen LogP contribution in [0.15, 0.2) is 30.5 Å². The molecule has 7 nitrogen and oxygen atoms in total. The fraction of sp³-hybridized carbons (Fsp3) is 0.294. The fourth-order valence-electron chi connectivity index (χ4n) is 2.89. The first kappa shape index (κ1) is 15.7. The van der Waals surface area contributed by atoms with Crippen molar-refractivity contribution in [1.82, 2.24) is 15.2 Å². The largest absolute Gasteiger partial charge is 0.505 e. The van der Waals surface area contributed by atoms with E-state index < -0.39 is 12.1 Å². The lowest BCUT2D eigenvalue weighted by Crippen LogP contribution is -2.41. The number of rotatable bonds is 3. The molecule has 0 saturated carbocycles. The maximum atomic E-state index is 12.4. The third-order valence-corrected chi connectivity index (χ3v) is 4.07. The number of benzene rings is 1. The Morgan fingerprint density at radius 1 is 1.42 bits per heavy atom. The lowest BCUT2D eigenvalue weighted by molar-refractivity contribution is -0.130. The van der Waals surface area contributed by atoms with E-state index in [1.165, 1.54) is 11.1 Å². The average molecular weight is 324 g/mol. The van der Waals surface area contributed by atoms with E-state index in [1.807, 2.05) is 0 Å². The predicted octanol–water partition coefficient (Wildman–Crippen LogP) is 1.54. The molecule has 7 heteroatoms. The highest BCUT2D eigenvalue weighted by Crippen LogP contribution is 2.25. The van der Waals surface area contributed by atoms with Gasteiger partial charge < -0.3 is 10.4 Å². The van der Waals surface area contributed by atoms with Crippen LogP contribution in [0, 0.1) is 6.57 Å². The molecule has 1 aliphatic rings. The molecule has 0 radical (unpaired) electrons. The van der Waals surface area contributed by atoms with E-state index in [-0.39, 0.29) is 23.8 Å². The number of nitrogens with zero attached hydrogens (tertiary/aromatic N) is 3. The maximum Gasteiger partial charge on any atom is 0.300 e. The third-order valence-electron chi connectivity index (χ3n) is 4.07. The van der Waals surface area contributed by atoms with E-state index in [4.69, 9.17) is 6.57 Å². The molecular formula is C17H16N4O3. The number of pyridine rings is 1. The van der Waals surface area contributed by atoms with Crippen molar-refractivity contribution in [1.29, 1.82) is 0 Å². The molecule has 1 aromatic heterocycles. The van der Waals surface area contributed by atoms with Crippen LogP contribution in [0.1, 0.15) is 23.2 Å². The number of hydrogen-bond acceptors (Lipinski definition) is 4. The van der Waals surface area contributed by atoms with Crippen molar-refractivity contribution in [2.24, 2.45) is 0 Å². The van der Waals surface area contributed by atoms with Crippen molar-refractivity contribution < 1.29 is 14.7 Å². The van der Waals surface area contributed by atoms with Crippen molar-refractivity contribution in [2.45, 2.75) is 19.0 Å². The van der Waals surface area contributed by atoms with Crippen LogP contribution in [0.3, 0.4) is 0 Å². The Balaban J connectivity index is 1.75. The summed E-state index contributed by atoms with van der Waals surface area (Å²) in [7, 11) is 0. The normalized spacial score (nSPS) is 16.8. The zero-order chi connectivity index (χ0) is 17.1. The minimum absolute atomic E-state index is 0.0940. The highest BCUT2D eigenvalue weighted by molar-refractivity contribution is 6.09. The highest BCUT2D eigenvalue weighted by Gasteiger charge is 2.32. The molecule has 3 rings (SSSR count). The summed E-state index contributed by atoms with van der Waals surface area (Å²) in [5.41, 5.74) is 0.677. The van der Waals surface area contributed by atoms with Gasteiger partial charge in [0.05, 0.1) is 23.8 Å². The molecule has 0 unspecified atom stereocenters. The van der Waals surface area contributed by atoms with Crippen LogP contribution >= 0.6 is 0 Å². The van der Waals surface area contributed by atoms with Gasteiger partial charge >= 0.3 is 6.17 Å². The Morgan fingerprint density at radius 3 is 3.00 bits per heavy atom. The standard InChI is InChI=1S/C17H16N4O3/c1-18-14-7-4-8-21(14)15(23)10-20-17(24)16-11-5-2-3-6-12(11)19-9-13(16)22/h2-3,5-6,9,14,22H,4,7-8,10H2,(H,20,24)/t14-/m0/s1. The number of para-hydroxylation sites is 1. The number of nitrogens with one attached hydrogen (secondary N) is 1. The van der Waals surface area contributed by atoms with Crippen molar-refractivity contribution in [3.63, 3.8) is 0 Å². The number of carbonyl (C=O) groups excluding carboxylic acids is 2. The van der Waals surface area contributed by atoms with Gasteiger partial charge in [-0.15, -0.1) is 0 Å². The molecule has 1 atom stereocenters. The second-order valence-corrected chi connectivity index (χ2v) is 5.56. The van der Waals surface area contributed by atoms with Crippen LogP contribution in [0.5, 0.6) is 5.75 Å². The summed E-state index contributed by atoms with van der Waals surface area (Å²) < 4.78 is 0. The Bertz CT molecular complexity index is 843. The molecule has 1 aliphatic heterocycles. The van der Waals surface area contributed by atoms with Crippen LogP contribution in [0.2, 0.25) is 0 Å². The molecule has 0 aliphatic carbocycles. The molecule has 2 N–H and O–H groups in total. The lowest BCUT2D eigenvalue weighted by atomic mass is 10.1. The zero-order valence-corrected chi connectivity index (χ0v) is 12.9. The number of fused-ring (bicyclic) bond motifs is 1. The molecule has 1 fully saturated rings. The highest BCUT2D eigenvalue weighted by atomic mass is 16.3. The zero-order valence-electron chi connectivity index (χ0n) is 12.9. The van der Waals surface area contributed by atoms with E-state index in [0.717, 1.165) is 6.42 Å². The minimum Gasteiger partial charge on any atom is -0.505 e. The van der Waals surface area contributed by atoms with Gasteiger partial charge in [-0.2, -0.15) is 0 Å². The monoisotopic (exact) mass is 324 g/mol. The van der Waals surface area contributed by atoms with Crippen LogP contribution < -0.4 is 5.32 Å². The van der Waals surface area contributed by atoms with Gasteiger partial charge in [0.2, 0.25) is 5.91 Å². The van der Waals surface area contributed by atoms with E-state index in [1.54, 1.807) is 24.3 Å². The Kier molecular flexibility index (Phi) is 4.29. The number of likely N-dealkylation sites (tertiary alicyclic amines) is 1. The number of carbonyl (C=O) groups is 2. The summed E-state index contributed by atoms with van der Waals surface area (Å²) in [5, 5.41) is 13.0. The van der Waals surface area contributed by atoms with Gasteiger partial charge in [-0.1, -0.05) is 18.2 Å². The number of aromatic hydroxyl groups is 1. The number of amides is 2.